The predicted octanol–water partition coefficient (Wildman–Crippen LogP) is 2.87. The Hall–Kier alpha value is -0.780. The van der Waals surface area contributed by atoms with Crippen LogP contribution in [0.25, 0.3) is 0 Å². The van der Waals surface area contributed by atoms with E-state index in [1.54, 1.807) is 28.6 Å². The van der Waals surface area contributed by atoms with E-state index in [2.05, 4.69) is 0 Å². The Balaban J connectivity index is 2.15. The van der Waals surface area contributed by atoms with Gasteiger partial charge in [-0.2, -0.15) is 4.31 Å². The third-order valence-corrected chi connectivity index (χ3v) is 5.29. The summed E-state index contributed by atoms with van der Waals surface area (Å²) in [6.07, 6.45) is 2.76. The van der Waals surface area contributed by atoms with Crippen molar-refractivity contribution in [3.05, 3.63) is 24.3 Å². The quantitative estimate of drug-likeness (QED) is 0.693. The molecule has 0 N–H and O–H groups in total. The second-order valence-electron chi connectivity index (χ2n) is 4.86. The van der Waals surface area contributed by atoms with Gasteiger partial charge in [0.2, 0.25) is 10.0 Å². The zero-order chi connectivity index (χ0) is 14.6. The number of sulfonamides is 1. The Bertz CT molecular complexity index is 526. The molecule has 1 saturated carbocycles. The van der Waals surface area contributed by atoms with E-state index in [1.807, 2.05) is 6.92 Å². The van der Waals surface area contributed by atoms with E-state index in [-0.39, 0.29) is 6.04 Å². The van der Waals surface area contributed by atoms with Gasteiger partial charge in [0.05, 0.1) is 10.8 Å². The lowest BCUT2D eigenvalue weighted by Gasteiger charge is -2.21. The van der Waals surface area contributed by atoms with Crippen LogP contribution in [0.1, 0.15) is 26.2 Å². The van der Waals surface area contributed by atoms with Crippen molar-refractivity contribution in [2.45, 2.75) is 37.1 Å². The molecule has 20 heavy (non-hydrogen) atoms. The van der Waals surface area contributed by atoms with E-state index >= 15 is 0 Å². The fourth-order valence-corrected chi connectivity index (χ4v) is 3.94. The summed E-state index contributed by atoms with van der Waals surface area (Å²) in [7, 11) is -3.39. The van der Waals surface area contributed by atoms with Gasteiger partial charge in [-0.1, -0.05) is 6.92 Å². The van der Waals surface area contributed by atoms with Gasteiger partial charge in [0, 0.05) is 12.6 Å². The lowest BCUT2D eigenvalue weighted by molar-refractivity contribution is 0.342. The molecule has 6 heteroatoms. The van der Waals surface area contributed by atoms with Gasteiger partial charge in [0.25, 0.3) is 0 Å². The maximum absolute atomic E-state index is 12.6. The molecule has 0 radical (unpaired) electrons. The topological polar surface area (TPSA) is 46.6 Å². The molecule has 0 aromatic heterocycles. The summed E-state index contributed by atoms with van der Waals surface area (Å²) in [6.45, 7) is 2.99. The van der Waals surface area contributed by atoms with Crippen LogP contribution in [0.2, 0.25) is 0 Å². The monoisotopic (exact) mass is 317 g/mol. The van der Waals surface area contributed by atoms with Crippen LogP contribution in [-0.4, -0.2) is 37.8 Å². The average Bonchev–Trinajstić information content (AvgIpc) is 3.27. The lowest BCUT2D eigenvalue weighted by Crippen LogP contribution is -2.33. The summed E-state index contributed by atoms with van der Waals surface area (Å²) in [5, 5.41) is 0. The molecule has 0 bridgehead atoms. The fraction of sp³-hybridized carbons (Fsp3) is 0.571. The number of nitrogens with zero attached hydrogens (tertiary/aromatic N) is 1. The summed E-state index contributed by atoms with van der Waals surface area (Å²) >= 11 is 5.55. The molecule has 0 aliphatic heterocycles. The Morgan fingerprint density at radius 1 is 1.30 bits per heavy atom. The van der Waals surface area contributed by atoms with Crippen LogP contribution < -0.4 is 4.74 Å². The zero-order valence-electron chi connectivity index (χ0n) is 11.6. The molecule has 1 aliphatic rings. The number of ether oxygens (including phenoxy) is 1. The first-order valence-corrected chi connectivity index (χ1v) is 8.87. The molecular formula is C14H20ClNO3S. The second-order valence-corrected chi connectivity index (χ2v) is 7.12. The van der Waals surface area contributed by atoms with Crippen LogP contribution in [0.4, 0.5) is 0 Å². The molecule has 0 atom stereocenters. The highest BCUT2D eigenvalue weighted by molar-refractivity contribution is 7.89. The van der Waals surface area contributed by atoms with Crippen molar-refractivity contribution in [1.29, 1.82) is 0 Å². The van der Waals surface area contributed by atoms with Gasteiger partial charge in [-0.05, 0) is 43.5 Å². The summed E-state index contributed by atoms with van der Waals surface area (Å²) < 4.78 is 32.2. The second kappa shape index (κ2) is 6.78. The van der Waals surface area contributed by atoms with Crippen molar-refractivity contribution in [1.82, 2.24) is 4.31 Å². The molecule has 1 aromatic rings. The van der Waals surface area contributed by atoms with E-state index in [1.165, 1.54) is 0 Å². The van der Waals surface area contributed by atoms with Crippen LogP contribution in [0.15, 0.2) is 29.2 Å². The molecule has 1 fully saturated rings. The number of halogens is 1. The summed E-state index contributed by atoms with van der Waals surface area (Å²) in [4.78, 5) is 0.330. The van der Waals surface area contributed by atoms with E-state index in [0.717, 1.165) is 19.3 Å². The highest BCUT2D eigenvalue weighted by Gasteiger charge is 2.37. The SMILES string of the molecule is CCCN(C1CC1)S(=O)(=O)c1ccc(OCCCl)cc1. The summed E-state index contributed by atoms with van der Waals surface area (Å²) in [6, 6.07) is 6.74. The molecule has 0 amide bonds. The molecule has 0 unspecified atom stereocenters. The predicted molar refractivity (Wildman–Crippen MR) is 79.9 cm³/mol. The van der Waals surface area contributed by atoms with Gasteiger partial charge in [0.1, 0.15) is 12.4 Å². The minimum Gasteiger partial charge on any atom is -0.492 e. The highest BCUT2D eigenvalue weighted by Crippen LogP contribution is 2.32. The number of hydrogen-bond donors (Lipinski definition) is 0. The van der Waals surface area contributed by atoms with Crippen LogP contribution in [0.3, 0.4) is 0 Å². The maximum Gasteiger partial charge on any atom is 0.243 e. The third kappa shape index (κ3) is 3.65. The van der Waals surface area contributed by atoms with Gasteiger partial charge in [-0.25, -0.2) is 8.42 Å². The van der Waals surface area contributed by atoms with E-state index in [4.69, 9.17) is 16.3 Å². The first kappa shape index (κ1) is 15.6. The maximum atomic E-state index is 12.6. The van der Waals surface area contributed by atoms with Gasteiger partial charge in [0.15, 0.2) is 0 Å². The zero-order valence-corrected chi connectivity index (χ0v) is 13.2. The smallest absolute Gasteiger partial charge is 0.243 e. The average molecular weight is 318 g/mol. The molecule has 4 nitrogen and oxygen atoms in total. The normalized spacial score (nSPS) is 15.6. The van der Waals surface area contributed by atoms with Crippen LogP contribution in [-0.2, 0) is 10.0 Å². The number of alkyl halides is 1. The van der Waals surface area contributed by atoms with E-state index in [9.17, 15) is 8.42 Å². The standard InChI is InChI=1S/C14H20ClNO3S/c1-2-10-16(12-3-4-12)20(17,18)14-7-5-13(6-8-14)19-11-9-15/h5-8,12H,2-4,9-11H2,1H3. The van der Waals surface area contributed by atoms with Crippen molar-refractivity contribution in [2.75, 3.05) is 19.0 Å². The van der Waals surface area contributed by atoms with Crippen molar-refractivity contribution in [3.8, 4) is 5.75 Å². The van der Waals surface area contributed by atoms with Gasteiger partial charge < -0.3 is 4.74 Å². The van der Waals surface area contributed by atoms with Crippen molar-refractivity contribution < 1.29 is 13.2 Å². The van der Waals surface area contributed by atoms with Gasteiger partial charge >= 0.3 is 0 Å². The molecular weight excluding hydrogens is 298 g/mol. The number of rotatable bonds is 8. The molecule has 2 rings (SSSR count). The Morgan fingerprint density at radius 3 is 2.45 bits per heavy atom. The number of hydrogen-bond acceptors (Lipinski definition) is 3. The van der Waals surface area contributed by atoms with Crippen molar-refractivity contribution in [2.24, 2.45) is 0 Å². The minimum atomic E-state index is -3.39. The minimum absolute atomic E-state index is 0.187. The molecule has 1 aliphatic carbocycles. The van der Waals surface area contributed by atoms with E-state index in [0.29, 0.717) is 29.7 Å². The first-order valence-electron chi connectivity index (χ1n) is 6.90. The summed E-state index contributed by atoms with van der Waals surface area (Å²) in [5.41, 5.74) is 0. The van der Waals surface area contributed by atoms with Crippen LogP contribution in [0.5, 0.6) is 5.75 Å². The van der Waals surface area contributed by atoms with E-state index < -0.39 is 10.0 Å². The largest absolute Gasteiger partial charge is 0.492 e. The lowest BCUT2D eigenvalue weighted by atomic mass is 10.3. The molecule has 0 saturated heterocycles. The van der Waals surface area contributed by atoms with Crippen LogP contribution >= 0.6 is 11.6 Å². The van der Waals surface area contributed by atoms with Gasteiger partial charge in [-0.3, -0.25) is 0 Å². The highest BCUT2D eigenvalue weighted by atomic mass is 35.5. The molecule has 0 spiro atoms. The molecule has 112 valence electrons. The van der Waals surface area contributed by atoms with Crippen molar-refractivity contribution in [3.63, 3.8) is 0 Å². The number of benzene rings is 1. The Labute approximate surface area is 125 Å². The summed E-state index contributed by atoms with van der Waals surface area (Å²) in [5.74, 6) is 1.05. The molecule has 0 heterocycles. The first-order chi connectivity index (χ1) is 9.59. The van der Waals surface area contributed by atoms with Crippen molar-refractivity contribution >= 4 is 21.6 Å². The Morgan fingerprint density at radius 2 is 1.95 bits per heavy atom. The fourth-order valence-electron chi connectivity index (χ4n) is 2.08. The van der Waals surface area contributed by atoms with Crippen LogP contribution in [0, 0.1) is 0 Å². The van der Waals surface area contributed by atoms with Gasteiger partial charge in [-0.15, -0.1) is 11.6 Å². The third-order valence-electron chi connectivity index (χ3n) is 3.17. The molecule has 1 aromatic carbocycles. The Kier molecular flexibility index (Phi) is 5.29.